The molecule has 4 nitrogen and oxygen atoms in total. The molecule has 1 aliphatic rings. The van der Waals surface area contributed by atoms with Crippen molar-refractivity contribution in [3.8, 4) is 0 Å². The predicted octanol–water partition coefficient (Wildman–Crippen LogP) is 5.84. The first kappa shape index (κ1) is 21.2. The molecular formula is C24H29FN2O2S. The maximum atomic E-state index is 13.1. The largest absolute Gasteiger partial charge is 0.417 e. The first-order valence-corrected chi connectivity index (χ1v) is 11.9. The number of halogens is 1. The Balaban J connectivity index is 1.30. The molecule has 1 atom stereocenters. The highest BCUT2D eigenvalue weighted by molar-refractivity contribution is 7.99. The van der Waals surface area contributed by atoms with Crippen LogP contribution in [0.4, 0.5) is 4.39 Å². The van der Waals surface area contributed by atoms with Gasteiger partial charge < -0.3 is 9.73 Å². The molecule has 0 saturated heterocycles. The van der Waals surface area contributed by atoms with Crippen LogP contribution < -0.4 is 11.1 Å². The van der Waals surface area contributed by atoms with Crippen LogP contribution in [0.5, 0.6) is 0 Å². The van der Waals surface area contributed by atoms with Crippen molar-refractivity contribution in [2.24, 2.45) is 0 Å². The number of hydrogen-bond donors (Lipinski definition) is 2. The van der Waals surface area contributed by atoms with Crippen molar-refractivity contribution in [3.63, 3.8) is 0 Å². The van der Waals surface area contributed by atoms with Crippen molar-refractivity contribution in [2.45, 2.75) is 68.3 Å². The summed E-state index contributed by atoms with van der Waals surface area (Å²) in [7, 11) is 0. The van der Waals surface area contributed by atoms with E-state index in [-0.39, 0.29) is 5.82 Å². The van der Waals surface area contributed by atoms with Crippen LogP contribution in [0.25, 0.3) is 11.1 Å². The fourth-order valence-corrected chi connectivity index (χ4v) is 5.42. The number of aromatic amines is 1. The van der Waals surface area contributed by atoms with Crippen molar-refractivity contribution >= 4 is 22.9 Å². The molecule has 1 saturated carbocycles. The number of benzene rings is 2. The normalized spacial score (nSPS) is 20.5. The Kier molecular flexibility index (Phi) is 6.95. The fraction of sp³-hybridized carbons (Fsp3) is 0.458. The van der Waals surface area contributed by atoms with Gasteiger partial charge >= 0.3 is 5.76 Å². The van der Waals surface area contributed by atoms with Gasteiger partial charge in [0.1, 0.15) is 5.82 Å². The number of H-pyrrole nitrogens is 1. The van der Waals surface area contributed by atoms with Gasteiger partial charge in [-0.1, -0.05) is 19.4 Å². The van der Waals surface area contributed by atoms with E-state index in [1.807, 2.05) is 24.3 Å². The second-order valence-electron chi connectivity index (χ2n) is 8.24. The standard InChI is InChI=1S/C24H29FN2O2S/c1-2-3-20(15-30-21-11-7-18(25)8-12-21)26-19-9-4-16(5-10-19)17-6-13-22-23(14-17)29-24(28)27-22/h6-8,11-14,16,19-20,26H,2-5,9-10,15H2,1H3,(H,27,28)/t16-,19-,20?. The monoisotopic (exact) mass is 428 g/mol. The molecule has 1 aliphatic carbocycles. The molecule has 6 heteroatoms. The Labute approximate surface area is 180 Å². The lowest BCUT2D eigenvalue weighted by Crippen LogP contribution is -2.41. The molecule has 1 heterocycles. The minimum absolute atomic E-state index is 0.183. The zero-order chi connectivity index (χ0) is 20.9. The summed E-state index contributed by atoms with van der Waals surface area (Å²) in [5.41, 5.74) is 2.68. The van der Waals surface area contributed by atoms with Crippen LogP contribution in [0.1, 0.15) is 56.9 Å². The number of nitrogens with one attached hydrogen (secondary N) is 2. The van der Waals surface area contributed by atoms with Gasteiger partial charge in [0.15, 0.2) is 5.58 Å². The zero-order valence-corrected chi connectivity index (χ0v) is 18.1. The molecule has 0 radical (unpaired) electrons. The van der Waals surface area contributed by atoms with Crippen LogP contribution in [0.2, 0.25) is 0 Å². The molecule has 0 spiro atoms. The van der Waals surface area contributed by atoms with Crippen LogP contribution in [0.15, 0.2) is 56.6 Å². The molecular weight excluding hydrogens is 399 g/mol. The fourth-order valence-electron chi connectivity index (χ4n) is 4.43. The first-order valence-electron chi connectivity index (χ1n) is 10.9. The second kappa shape index (κ2) is 9.84. The number of aromatic nitrogens is 1. The molecule has 160 valence electrons. The highest BCUT2D eigenvalue weighted by atomic mass is 32.2. The zero-order valence-electron chi connectivity index (χ0n) is 17.3. The van der Waals surface area contributed by atoms with Gasteiger partial charge in [0.2, 0.25) is 0 Å². The first-order chi connectivity index (χ1) is 14.6. The summed E-state index contributed by atoms with van der Waals surface area (Å²) in [6.07, 6.45) is 6.89. The van der Waals surface area contributed by atoms with Gasteiger partial charge in [-0.25, -0.2) is 9.18 Å². The minimum atomic E-state index is -0.393. The van der Waals surface area contributed by atoms with E-state index >= 15 is 0 Å². The van der Waals surface area contributed by atoms with Crippen LogP contribution in [0.3, 0.4) is 0 Å². The van der Waals surface area contributed by atoms with E-state index in [1.165, 1.54) is 17.7 Å². The van der Waals surface area contributed by atoms with Crippen molar-refractivity contribution in [2.75, 3.05) is 5.75 Å². The number of oxazole rings is 1. The van der Waals surface area contributed by atoms with Crippen LogP contribution >= 0.6 is 11.8 Å². The lowest BCUT2D eigenvalue weighted by molar-refractivity contribution is 0.315. The van der Waals surface area contributed by atoms with Crippen LogP contribution in [-0.2, 0) is 0 Å². The molecule has 2 aromatic carbocycles. The molecule has 4 rings (SSSR count). The number of fused-ring (bicyclic) bond motifs is 1. The predicted molar refractivity (Wildman–Crippen MR) is 121 cm³/mol. The summed E-state index contributed by atoms with van der Waals surface area (Å²) in [6.45, 7) is 2.23. The van der Waals surface area contributed by atoms with Crippen LogP contribution in [0, 0.1) is 5.82 Å². The van der Waals surface area contributed by atoms with Crippen molar-refractivity contribution < 1.29 is 8.81 Å². The average molecular weight is 429 g/mol. The third-order valence-corrected chi connectivity index (χ3v) is 7.19. The molecule has 30 heavy (non-hydrogen) atoms. The Bertz CT molecular complexity index is 1010. The maximum absolute atomic E-state index is 13.1. The summed E-state index contributed by atoms with van der Waals surface area (Å²) in [4.78, 5) is 15.2. The number of thioether (sulfide) groups is 1. The molecule has 0 amide bonds. The van der Waals surface area contributed by atoms with Gasteiger partial charge in [-0.15, -0.1) is 11.8 Å². The highest BCUT2D eigenvalue weighted by Gasteiger charge is 2.24. The van der Waals surface area contributed by atoms with Gasteiger partial charge in [0.05, 0.1) is 5.52 Å². The Morgan fingerprint density at radius 3 is 2.67 bits per heavy atom. The van der Waals surface area contributed by atoms with E-state index in [2.05, 4.69) is 23.3 Å². The summed E-state index contributed by atoms with van der Waals surface area (Å²) >= 11 is 1.80. The molecule has 1 unspecified atom stereocenters. The third kappa shape index (κ3) is 5.35. The topological polar surface area (TPSA) is 58.0 Å². The lowest BCUT2D eigenvalue weighted by Gasteiger charge is -2.32. The van der Waals surface area contributed by atoms with Gasteiger partial charge in [-0.05, 0) is 80.0 Å². The van der Waals surface area contributed by atoms with E-state index in [4.69, 9.17) is 4.42 Å². The molecule has 1 fully saturated rings. The van der Waals surface area contributed by atoms with E-state index in [9.17, 15) is 9.18 Å². The number of rotatable bonds is 8. The quantitative estimate of drug-likeness (QED) is 0.443. The molecule has 1 aromatic heterocycles. The summed E-state index contributed by atoms with van der Waals surface area (Å²) in [5, 5.41) is 3.88. The Hall–Kier alpha value is -2.05. The number of hydrogen-bond acceptors (Lipinski definition) is 4. The smallest absolute Gasteiger partial charge is 0.408 e. The van der Waals surface area contributed by atoms with Crippen molar-refractivity contribution in [3.05, 3.63) is 64.4 Å². The SMILES string of the molecule is CCCC(CSc1ccc(F)cc1)N[C@H]1CC[C@H](c2ccc3[nH]c(=O)oc3c2)CC1. The summed E-state index contributed by atoms with van der Waals surface area (Å²) < 4.78 is 18.3. The maximum Gasteiger partial charge on any atom is 0.417 e. The van der Waals surface area contributed by atoms with E-state index < -0.39 is 5.76 Å². The summed E-state index contributed by atoms with van der Waals surface area (Å²) in [5.74, 6) is 0.946. The summed E-state index contributed by atoms with van der Waals surface area (Å²) in [6, 6.07) is 13.9. The van der Waals surface area contributed by atoms with Gasteiger partial charge in [0.25, 0.3) is 0 Å². The lowest BCUT2D eigenvalue weighted by atomic mass is 9.81. The van der Waals surface area contributed by atoms with Crippen LogP contribution in [-0.4, -0.2) is 22.8 Å². The van der Waals surface area contributed by atoms with E-state index in [0.29, 0.717) is 23.6 Å². The molecule has 2 N–H and O–H groups in total. The van der Waals surface area contributed by atoms with Gasteiger partial charge in [-0.3, -0.25) is 4.98 Å². The van der Waals surface area contributed by atoms with Crippen molar-refractivity contribution in [1.29, 1.82) is 0 Å². The van der Waals surface area contributed by atoms with Gasteiger partial charge in [0, 0.05) is 22.7 Å². The Morgan fingerprint density at radius 1 is 1.17 bits per heavy atom. The molecule has 0 aliphatic heterocycles. The Morgan fingerprint density at radius 2 is 1.93 bits per heavy atom. The van der Waals surface area contributed by atoms with E-state index in [1.54, 1.807) is 11.8 Å². The minimum Gasteiger partial charge on any atom is -0.408 e. The van der Waals surface area contributed by atoms with E-state index in [0.717, 1.165) is 54.7 Å². The van der Waals surface area contributed by atoms with Crippen molar-refractivity contribution in [1.82, 2.24) is 10.3 Å². The van der Waals surface area contributed by atoms with Gasteiger partial charge in [-0.2, -0.15) is 0 Å². The average Bonchev–Trinajstić information content (AvgIpc) is 3.13. The molecule has 3 aromatic rings. The third-order valence-electron chi connectivity index (χ3n) is 6.02. The second-order valence-corrected chi connectivity index (χ2v) is 9.33. The highest BCUT2D eigenvalue weighted by Crippen LogP contribution is 2.34. The molecule has 0 bridgehead atoms.